The SMILES string of the molecule is CC(C)[NH2+][C@@H](C[NH+]1CCCCC1)c1ccccc1. The second-order valence-electron chi connectivity index (χ2n) is 5.97. The van der Waals surface area contributed by atoms with Crippen LogP contribution in [0.15, 0.2) is 30.3 Å². The van der Waals surface area contributed by atoms with E-state index in [1.807, 2.05) is 0 Å². The van der Waals surface area contributed by atoms with Crippen molar-refractivity contribution >= 4 is 0 Å². The molecule has 100 valence electrons. The van der Waals surface area contributed by atoms with E-state index in [4.69, 9.17) is 0 Å². The molecule has 1 aromatic carbocycles. The lowest BCUT2D eigenvalue weighted by atomic mass is 10.0. The molecule has 1 aliphatic heterocycles. The van der Waals surface area contributed by atoms with Gasteiger partial charge in [-0.1, -0.05) is 30.3 Å². The van der Waals surface area contributed by atoms with Crippen LogP contribution in [0.4, 0.5) is 0 Å². The van der Waals surface area contributed by atoms with Gasteiger partial charge >= 0.3 is 0 Å². The van der Waals surface area contributed by atoms with Crippen molar-refractivity contribution in [1.29, 1.82) is 0 Å². The number of likely N-dealkylation sites (tertiary alicyclic amines) is 1. The Morgan fingerprint density at radius 3 is 2.33 bits per heavy atom. The molecule has 0 spiro atoms. The van der Waals surface area contributed by atoms with Gasteiger partial charge in [0, 0.05) is 5.56 Å². The zero-order valence-corrected chi connectivity index (χ0v) is 11.9. The molecule has 18 heavy (non-hydrogen) atoms. The Balaban J connectivity index is 2.00. The summed E-state index contributed by atoms with van der Waals surface area (Å²) < 4.78 is 0. The Labute approximate surface area is 111 Å². The predicted molar refractivity (Wildman–Crippen MR) is 75.7 cm³/mol. The maximum absolute atomic E-state index is 2.52. The molecule has 0 radical (unpaired) electrons. The molecule has 2 nitrogen and oxygen atoms in total. The number of quaternary nitrogens is 2. The van der Waals surface area contributed by atoms with E-state index in [0.29, 0.717) is 12.1 Å². The smallest absolute Gasteiger partial charge is 0.161 e. The molecule has 0 aromatic heterocycles. The van der Waals surface area contributed by atoms with Crippen molar-refractivity contribution in [2.24, 2.45) is 0 Å². The quantitative estimate of drug-likeness (QED) is 0.768. The van der Waals surface area contributed by atoms with E-state index < -0.39 is 0 Å². The number of nitrogens with one attached hydrogen (secondary N) is 1. The van der Waals surface area contributed by atoms with Crippen LogP contribution in [0.1, 0.15) is 44.7 Å². The Hall–Kier alpha value is -0.860. The summed E-state index contributed by atoms with van der Waals surface area (Å²) in [5.74, 6) is 0. The van der Waals surface area contributed by atoms with E-state index in [-0.39, 0.29) is 0 Å². The van der Waals surface area contributed by atoms with Crippen LogP contribution in [0.2, 0.25) is 0 Å². The molecule has 1 atom stereocenters. The fraction of sp³-hybridized carbons (Fsp3) is 0.625. The number of hydrogen-bond acceptors (Lipinski definition) is 0. The highest BCUT2D eigenvalue weighted by Crippen LogP contribution is 2.07. The van der Waals surface area contributed by atoms with Crippen LogP contribution >= 0.6 is 0 Å². The Morgan fingerprint density at radius 2 is 1.72 bits per heavy atom. The van der Waals surface area contributed by atoms with Gasteiger partial charge in [0.25, 0.3) is 0 Å². The van der Waals surface area contributed by atoms with Crippen LogP contribution in [0.5, 0.6) is 0 Å². The first-order valence-corrected chi connectivity index (χ1v) is 7.49. The molecular weight excluding hydrogens is 220 g/mol. The molecule has 1 heterocycles. The third kappa shape index (κ3) is 4.11. The van der Waals surface area contributed by atoms with E-state index in [0.717, 1.165) is 0 Å². The summed E-state index contributed by atoms with van der Waals surface area (Å²) in [6.07, 6.45) is 4.27. The van der Waals surface area contributed by atoms with E-state index >= 15 is 0 Å². The van der Waals surface area contributed by atoms with Crippen LogP contribution in [0.3, 0.4) is 0 Å². The van der Waals surface area contributed by atoms with Crippen molar-refractivity contribution in [3.05, 3.63) is 35.9 Å². The zero-order chi connectivity index (χ0) is 12.8. The van der Waals surface area contributed by atoms with Crippen molar-refractivity contribution in [2.75, 3.05) is 19.6 Å². The van der Waals surface area contributed by atoms with Gasteiger partial charge in [0.1, 0.15) is 6.54 Å². The fourth-order valence-corrected chi connectivity index (χ4v) is 3.03. The van der Waals surface area contributed by atoms with Crippen molar-refractivity contribution in [3.8, 4) is 0 Å². The van der Waals surface area contributed by atoms with Gasteiger partial charge in [0.05, 0.1) is 19.1 Å². The first-order chi connectivity index (χ1) is 8.75. The summed E-state index contributed by atoms with van der Waals surface area (Å²) in [6, 6.07) is 12.3. The normalized spacial score (nSPS) is 19.1. The lowest BCUT2D eigenvalue weighted by molar-refractivity contribution is -0.927. The number of hydrogen-bond donors (Lipinski definition) is 2. The molecule has 3 N–H and O–H groups in total. The average Bonchev–Trinajstić information content (AvgIpc) is 2.40. The second kappa shape index (κ2) is 6.91. The molecule has 0 amide bonds. The maximum Gasteiger partial charge on any atom is 0.161 e. The van der Waals surface area contributed by atoms with Crippen molar-refractivity contribution in [1.82, 2.24) is 0 Å². The lowest BCUT2D eigenvalue weighted by Crippen LogP contribution is -3.15. The van der Waals surface area contributed by atoms with E-state index in [1.165, 1.54) is 44.5 Å². The molecule has 1 fully saturated rings. The van der Waals surface area contributed by atoms with Gasteiger partial charge in [-0.05, 0) is 33.1 Å². The van der Waals surface area contributed by atoms with Gasteiger partial charge < -0.3 is 10.2 Å². The van der Waals surface area contributed by atoms with Crippen LogP contribution in [0, 0.1) is 0 Å². The molecule has 0 unspecified atom stereocenters. The summed E-state index contributed by atoms with van der Waals surface area (Å²) in [7, 11) is 0. The van der Waals surface area contributed by atoms with Crippen LogP contribution in [0.25, 0.3) is 0 Å². The van der Waals surface area contributed by atoms with Gasteiger partial charge in [-0.3, -0.25) is 0 Å². The average molecular weight is 248 g/mol. The van der Waals surface area contributed by atoms with Crippen LogP contribution < -0.4 is 10.2 Å². The molecule has 2 heteroatoms. The highest BCUT2D eigenvalue weighted by Gasteiger charge is 2.24. The van der Waals surface area contributed by atoms with Gasteiger partial charge in [-0.2, -0.15) is 0 Å². The minimum absolute atomic E-state index is 0.624. The largest absolute Gasteiger partial charge is 0.333 e. The number of benzene rings is 1. The van der Waals surface area contributed by atoms with E-state index in [1.54, 1.807) is 4.90 Å². The second-order valence-corrected chi connectivity index (χ2v) is 5.97. The van der Waals surface area contributed by atoms with E-state index in [2.05, 4.69) is 49.5 Å². The van der Waals surface area contributed by atoms with Gasteiger partial charge in [-0.15, -0.1) is 0 Å². The molecular formula is C16H28N2+2. The minimum atomic E-state index is 0.624. The molecule has 0 aliphatic carbocycles. The fourth-order valence-electron chi connectivity index (χ4n) is 3.03. The third-order valence-corrected chi connectivity index (χ3v) is 3.91. The van der Waals surface area contributed by atoms with Crippen molar-refractivity contribution < 1.29 is 10.2 Å². The van der Waals surface area contributed by atoms with Crippen molar-refractivity contribution in [3.63, 3.8) is 0 Å². The topological polar surface area (TPSA) is 21.1 Å². The third-order valence-electron chi connectivity index (χ3n) is 3.91. The van der Waals surface area contributed by atoms with Crippen molar-refractivity contribution in [2.45, 2.75) is 45.2 Å². The van der Waals surface area contributed by atoms with Crippen LogP contribution in [-0.2, 0) is 0 Å². The lowest BCUT2D eigenvalue weighted by Gasteiger charge is -2.27. The maximum atomic E-state index is 2.52. The highest BCUT2D eigenvalue weighted by molar-refractivity contribution is 5.16. The number of piperidine rings is 1. The number of rotatable bonds is 5. The monoisotopic (exact) mass is 248 g/mol. The Bertz CT molecular complexity index is 328. The summed E-state index contributed by atoms with van der Waals surface area (Å²) in [5.41, 5.74) is 1.49. The Kier molecular flexibility index (Phi) is 5.21. The van der Waals surface area contributed by atoms with Gasteiger partial charge in [-0.25, -0.2) is 0 Å². The predicted octanol–water partition coefficient (Wildman–Crippen LogP) is 0.768. The van der Waals surface area contributed by atoms with Crippen LogP contribution in [-0.4, -0.2) is 25.7 Å². The standard InChI is InChI=1S/C16H26N2/c1-14(2)17-16(15-9-5-3-6-10-15)13-18-11-7-4-8-12-18/h3,5-6,9-10,14,16-17H,4,7-8,11-13H2,1-2H3/p+2/t16-/m0/s1. The molecule has 1 aliphatic rings. The van der Waals surface area contributed by atoms with Gasteiger partial charge in [0.2, 0.25) is 0 Å². The van der Waals surface area contributed by atoms with Gasteiger partial charge in [0.15, 0.2) is 6.04 Å². The summed E-state index contributed by atoms with van der Waals surface area (Å²) in [5, 5.41) is 2.52. The number of nitrogens with two attached hydrogens (primary N) is 1. The molecule has 0 bridgehead atoms. The van der Waals surface area contributed by atoms with E-state index in [9.17, 15) is 0 Å². The zero-order valence-electron chi connectivity index (χ0n) is 11.9. The first kappa shape index (κ1) is 13.6. The molecule has 2 rings (SSSR count). The summed E-state index contributed by atoms with van der Waals surface area (Å²) in [4.78, 5) is 1.80. The Morgan fingerprint density at radius 1 is 1.06 bits per heavy atom. The highest BCUT2D eigenvalue weighted by atomic mass is 15.2. The molecule has 0 saturated carbocycles. The summed E-state index contributed by atoms with van der Waals surface area (Å²) >= 11 is 0. The minimum Gasteiger partial charge on any atom is -0.333 e. The molecule has 1 saturated heterocycles. The summed E-state index contributed by atoms with van der Waals surface area (Å²) in [6.45, 7) is 8.61. The molecule has 1 aromatic rings. The first-order valence-electron chi connectivity index (χ1n) is 7.49.